The summed E-state index contributed by atoms with van der Waals surface area (Å²) >= 11 is 0. The van der Waals surface area contributed by atoms with Crippen LogP contribution in [0.4, 0.5) is 0 Å². The standard InChI is InChI=1S/C13H26N2O3/c1-3-13(5-4-6-14-10-13)11-15-12(16)9-18-8-7-17-2/h14H,3-11H2,1-2H3,(H,15,16). The van der Waals surface area contributed by atoms with Crippen molar-refractivity contribution in [2.24, 2.45) is 5.41 Å². The first-order valence-corrected chi connectivity index (χ1v) is 6.76. The average molecular weight is 258 g/mol. The minimum Gasteiger partial charge on any atom is -0.382 e. The summed E-state index contributed by atoms with van der Waals surface area (Å²) < 4.78 is 10.0. The highest BCUT2D eigenvalue weighted by atomic mass is 16.5. The molecule has 106 valence electrons. The van der Waals surface area contributed by atoms with Gasteiger partial charge in [0, 0.05) is 20.2 Å². The highest BCUT2D eigenvalue weighted by molar-refractivity contribution is 5.77. The smallest absolute Gasteiger partial charge is 0.246 e. The molecule has 0 radical (unpaired) electrons. The average Bonchev–Trinajstić information content (AvgIpc) is 2.42. The zero-order chi connectivity index (χ0) is 13.3. The van der Waals surface area contributed by atoms with Crippen LogP contribution in [-0.4, -0.2) is 52.5 Å². The predicted octanol–water partition coefficient (Wildman–Crippen LogP) is 0.545. The number of piperidine rings is 1. The quantitative estimate of drug-likeness (QED) is 0.624. The van der Waals surface area contributed by atoms with Gasteiger partial charge in [0.2, 0.25) is 5.91 Å². The van der Waals surface area contributed by atoms with E-state index in [0.717, 1.165) is 26.1 Å². The summed E-state index contributed by atoms with van der Waals surface area (Å²) in [5, 5.41) is 6.39. The van der Waals surface area contributed by atoms with Gasteiger partial charge in [-0.1, -0.05) is 6.92 Å². The van der Waals surface area contributed by atoms with Crippen molar-refractivity contribution in [1.29, 1.82) is 0 Å². The second kappa shape index (κ2) is 8.45. The Morgan fingerprint density at radius 1 is 1.44 bits per heavy atom. The SMILES string of the molecule is CCC1(CNC(=O)COCCOC)CCCNC1. The number of hydrogen-bond acceptors (Lipinski definition) is 4. The summed E-state index contributed by atoms with van der Waals surface area (Å²) in [5.41, 5.74) is 0.223. The van der Waals surface area contributed by atoms with Crippen molar-refractivity contribution in [3.05, 3.63) is 0 Å². The molecular formula is C13H26N2O3. The van der Waals surface area contributed by atoms with E-state index in [1.165, 1.54) is 12.8 Å². The number of rotatable bonds is 8. The molecule has 1 aliphatic rings. The monoisotopic (exact) mass is 258 g/mol. The second-order valence-electron chi connectivity index (χ2n) is 4.96. The molecule has 5 heteroatoms. The first-order valence-electron chi connectivity index (χ1n) is 6.76. The van der Waals surface area contributed by atoms with Gasteiger partial charge in [0.15, 0.2) is 0 Å². The maximum absolute atomic E-state index is 11.6. The highest BCUT2D eigenvalue weighted by Crippen LogP contribution is 2.28. The molecule has 1 aliphatic heterocycles. The van der Waals surface area contributed by atoms with Crippen molar-refractivity contribution in [1.82, 2.24) is 10.6 Å². The topological polar surface area (TPSA) is 59.6 Å². The zero-order valence-electron chi connectivity index (χ0n) is 11.6. The van der Waals surface area contributed by atoms with Crippen LogP contribution in [0.3, 0.4) is 0 Å². The van der Waals surface area contributed by atoms with Gasteiger partial charge in [0.1, 0.15) is 6.61 Å². The summed E-state index contributed by atoms with van der Waals surface area (Å²) in [7, 11) is 1.62. The normalized spacial score (nSPS) is 23.9. The molecule has 1 unspecified atom stereocenters. The lowest BCUT2D eigenvalue weighted by atomic mass is 9.78. The number of methoxy groups -OCH3 is 1. The number of ether oxygens (including phenoxy) is 2. The summed E-state index contributed by atoms with van der Waals surface area (Å²) in [4.78, 5) is 11.6. The molecule has 0 aromatic carbocycles. The predicted molar refractivity (Wildman–Crippen MR) is 70.5 cm³/mol. The third-order valence-electron chi connectivity index (χ3n) is 3.64. The number of amides is 1. The van der Waals surface area contributed by atoms with Crippen LogP contribution >= 0.6 is 0 Å². The van der Waals surface area contributed by atoms with Crippen LogP contribution in [0.1, 0.15) is 26.2 Å². The van der Waals surface area contributed by atoms with Crippen LogP contribution in [-0.2, 0) is 14.3 Å². The van der Waals surface area contributed by atoms with E-state index in [-0.39, 0.29) is 17.9 Å². The van der Waals surface area contributed by atoms with Crippen molar-refractivity contribution < 1.29 is 14.3 Å². The molecule has 5 nitrogen and oxygen atoms in total. The number of nitrogens with one attached hydrogen (secondary N) is 2. The van der Waals surface area contributed by atoms with Crippen molar-refractivity contribution in [2.45, 2.75) is 26.2 Å². The first-order chi connectivity index (χ1) is 8.72. The van der Waals surface area contributed by atoms with Crippen molar-refractivity contribution in [3.63, 3.8) is 0 Å². The Morgan fingerprint density at radius 2 is 2.28 bits per heavy atom. The molecule has 1 atom stereocenters. The third kappa shape index (κ3) is 5.33. The van der Waals surface area contributed by atoms with E-state index in [0.29, 0.717) is 13.2 Å². The third-order valence-corrected chi connectivity index (χ3v) is 3.64. The summed E-state index contributed by atoms with van der Waals surface area (Å²) in [5.74, 6) is -0.0375. The van der Waals surface area contributed by atoms with Gasteiger partial charge < -0.3 is 20.1 Å². The van der Waals surface area contributed by atoms with Gasteiger partial charge >= 0.3 is 0 Å². The Morgan fingerprint density at radius 3 is 2.89 bits per heavy atom. The van der Waals surface area contributed by atoms with E-state index in [4.69, 9.17) is 9.47 Å². The molecule has 0 aliphatic carbocycles. The summed E-state index contributed by atoms with van der Waals surface area (Å²) in [6.07, 6.45) is 3.46. The molecule has 0 bridgehead atoms. The minimum absolute atomic E-state index is 0.0375. The van der Waals surface area contributed by atoms with Gasteiger partial charge in [-0.3, -0.25) is 4.79 Å². The van der Waals surface area contributed by atoms with Gasteiger partial charge in [0.05, 0.1) is 13.2 Å². The van der Waals surface area contributed by atoms with Crippen LogP contribution < -0.4 is 10.6 Å². The Balaban J connectivity index is 2.19. The fraction of sp³-hybridized carbons (Fsp3) is 0.923. The Bertz CT molecular complexity index is 240. The molecule has 2 N–H and O–H groups in total. The van der Waals surface area contributed by atoms with E-state index in [1.54, 1.807) is 7.11 Å². The lowest BCUT2D eigenvalue weighted by Crippen LogP contribution is -2.47. The lowest BCUT2D eigenvalue weighted by molar-refractivity contribution is -0.126. The highest BCUT2D eigenvalue weighted by Gasteiger charge is 2.30. The largest absolute Gasteiger partial charge is 0.382 e. The maximum atomic E-state index is 11.6. The van der Waals surface area contributed by atoms with Crippen LogP contribution in [0.5, 0.6) is 0 Å². The van der Waals surface area contributed by atoms with Crippen LogP contribution in [0.25, 0.3) is 0 Å². The Labute approximate surface area is 110 Å². The first kappa shape index (κ1) is 15.4. The Kier molecular flexibility index (Phi) is 7.23. The molecule has 1 fully saturated rings. The maximum Gasteiger partial charge on any atom is 0.246 e. The summed E-state index contributed by atoms with van der Waals surface area (Å²) in [6, 6.07) is 0. The second-order valence-corrected chi connectivity index (χ2v) is 4.96. The molecule has 0 aromatic heterocycles. The minimum atomic E-state index is -0.0375. The van der Waals surface area contributed by atoms with Gasteiger partial charge in [-0.25, -0.2) is 0 Å². The van der Waals surface area contributed by atoms with Gasteiger partial charge in [0.25, 0.3) is 0 Å². The zero-order valence-corrected chi connectivity index (χ0v) is 11.6. The molecule has 1 saturated heterocycles. The Hall–Kier alpha value is -0.650. The number of carbonyl (C=O) groups is 1. The molecule has 0 spiro atoms. The lowest BCUT2D eigenvalue weighted by Gasteiger charge is -2.37. The van der Waals surface area contributed by atoms with Gasteiger partial charge in [-0.15, -0.1) is 0 Å². The van der Waals surface area contributed by atoms with E-state index in [2.05, 4.69) is 17.6 Å². The van der Waals surface area contributed by atoms with E-state index >= 15 is 0 Å². The number of carbonyl (C=O) groups excluding carboxylic acids is 1. The van der Waals surface area contributed by atoms with Gasteiger partial charge in [-0.2, -0.15) is 0 Å². The van der Waals surface area contributed by atoms with E-state index < -0.39 is 0 Å². The molecule has 1 rings (SSSR count). The molecule has 1 heterocycles. The molecule has 1 amide bonds. The van der Waals surface area contributed by atoms with Crippen molar-refractivity contribution in [3.8, 4) is 0 Å². The molecule has 18 heavy (non-hydrogen) atoms. The summed E-state index contributed by atoms with van der Waals surface area (Å²) in [6.45, 7) is 6.12. The van der Waals surface area contributed by atoms with Crippen LogP contribution in [0, 0.1) is 5.41 Å². The molecule has 0 aromatic rings. The van der Waals surface area contributed by atoms with Crippen molar-refractivity contribution in [2.75, 3.05) is 46.6 Å². The van der Waals surface area contributed by atoms with E-state index in [1.807, 2.05) is 0 Å². The van der Waals surface area contributed by atoms with Gasteiger partial charge in [-0.05, 0) is 31.2 Å². The van der Waals surface area contributed by atoms with E-state index in [9.17, 15) is 4.79 Å². The van der Waals surface area contributed by atoms with Crippen molar-refractivity contribution >= 4 is 5.91 Å². The fourth-order valence-electron chi connectivity index (χ4n) is 2.25. The molecule has 0 saturated carbocycles. The van der Waals surface area contributed by atoms with Crippen LogP contribution in [0.15, 0.2) is 0 Å². The number of hydrogen-bond donors (Lipinski definition) is 2. The fourth-order valence-corrected chi connectivity index (χ4v) is 2.25. The van der Waals surface area contributed by atoms with Crippen LogP contribution in [0.2, 0.25) is 0 Å². The molecular weight excluding hydrogens is 232 g/mol.